The van der Waals surface area contributed by atoms with Crippen molar-refractivity contribution in [3.8, 4) is 0 Å². The molecule has 0 amide bonds. The Morgan fingerprint density at radius 3 is 2.83 bits per heavy atom. The van der Waals surface area contributed by atoms with E-state index in [1.54, 1.807) is 11.8 Å². The quantitative estimate of drug-likeness (QED) is 0.736. The summed E-state index contributed by atoms with van der Waals surface area (Å²) in [6.45, 7) is 4.17. The van der Waals surface area contributed by atoms with E-state index in [0.29, 0.717) is 11.1 Å². The maximum atomic E-state index is 8.68. The number of aliphatic hydroxyl groups is 1. The second-order valence-corrected chi connectivity index (χ2v) is 4.28. The van der Waals surface area contributed by atoms with Gasteiger partial charge in [0.1, 0.15) is 12.4 Å². The summed E-state index contributed by atoms with van der Waals surface area (Å²) in [6.07, 6.45) is 0. The standard InChI is InChI=1S/C7H13N3OS/c1-5(2)12-4-7-8-6(3-11)9-10-7/h5,11H,3-4H2,1-2H3,(H,8,9,10). The lowest BCUT2D eigenvalue weighted by Crippen LogP contribution is -1.91. The van der Waals surface area contributed by atoms with E-state index in [0.717, 1.165) is 11.6 Å². The van der Waals surface area contributed by atoms with Crippen molar-refractivity contribution in [3.63, 3.8) is 0 Å². The van der Waals surface area contributed by atoms with Crippen LogP contribution in [0, 0.1) is 0 Å². The van der Waals surface area contributed by atoms with Gasteiger partial charge in [-0.3, -0.25) is 5.10 Å². The van der Waals surface area contributed by atoms with Gasteiger partial charge in [0.2, 0.25) is 0 Å². The number of hydrogen-bond acceptors (Lipinski definition) is 4. The van der Waals surface area contributed by atoms with E-state index in [9.17, 15) is 0 Å². The Kier molecular flexibility index (Phi) is 3.55. The molecule has 0 saturated carbocycles. The van der Waals surface area contributed by atoms with Crippen LogP contribution in [0.15, 0.2) is 0 Å². The van der Waals surface area contributed by atoms with Gasteiger partial charge in [-0.05, 0) is 5.25 Å². The van der Waals surface area contributed by atoms with Crippen LogP contribution in [0.25, 0.3) is 0 Å². The molecule has 1 aromatic rings. The minimum absolute atomic E-state index is 0.0944. The molecule has 4 nitrogen and oxygen atoms in total. The third-order valence-electron chi connectivity index (χ3n) is 1.27. The molecule has 0 aliphatic rings. The van der Waals surface area contributed by atoms with Crippen LogP contribution < -0.4 is 0 Å². The third kappa shape index (κ3) is 2.83. The van der Waals surface area contributed by atoms with Crippen LogP contribution in [-0.2, 0) is 12.4 Å². The smallest absolute Gasteiger partial charge is 0.176 e. The largest absolute Gasteiger partial charge is 0.388 e. The zero-order chi connectivity index (χ0) is 8.97. The molecule has 0 aromatic carbocycles. The molecule has 68 valence electrons. The van der Waals surface area contributed by atoms with E-state index in [4.69, 9.17) is 5.11 Å². The van der Waals surface area contributed by atoms with Gasteiger partial charge in [0, 0.05) is 0 Å². The van der Waals surface area contributed by atoms with Crippen LogP contribution in [0.3, 0.4) is 0 Å². The van der Waals surface area contributed by atoms with E-state index in [-0.39, 0.29) is 6.61 Å². The highest BCUT2D eigenvalue weighted by Gasteiger charge is 2.02. The summed E-state index contributed by atoms with van der Waals surface area (Å²) in [5.74, 6) is 2.12. The number of H-pyrrole nitrogens is 1. The summed E-state index contributed by atoms with van der Waals surface area (Å²) >= 11 is 1.79. The van der Waals surface area contributed by atoms with Crippen molar-refractivity contribution in [1.29, 1.82) is 0 Å². The Morgan fingerprint density at radius 1 is 1.58 bits per heavy atom. The molecule has 0 atom stereocenters. The average Bonchev–Trinajstić information content (AvgIpc) is 2.48. The van der Waals surface area contributed by atoms with Crippen molar-refractivity contribution >= 4 is 11.8 Å². The van der Waals surface area contributed by atoms with Gasteiger partial charge < -0.3 is 5.11 Å². The fourth-order valence-electron chi connectivity index (χ4n) is 0.716. The van der Waals surface area contributed by atoms with Gasteiger partial charge in [-0.15, -0.1) is 0 Å². The van der Waals surface area contributed by atoms with E-state index < -0.39 is 0 Å². The van der Waals surface area contributed by atoms with Gasteiger partial charge >= 0.3 is 0 Å². The lowest BCUT2D eigenvalue weighted by atomic mass is 10.6. The van der Waals surface area contributed by atoms with Crippen molar-refractivity contribution in [3.05, 3.63) is 11.6 Å². The summed E-state index contributed by atoms with van der Waals surface area (Å²) in [5, 5.41) is 15.9. The SMILES string of the molecule is CC(C)SCc1nc(CO)n[nH]1. The summed E-state index contributed by atoms with van der Waals surface area (Å²) in [7, 11) is 0. The van der Waals surface area contributed by atoms with E-state index in [2.05, 4.69) is 29.0 Å². The fourth-order valence-corrected chi connectivity index (χ4v) is 1.34. The second-order valence-electron chi connectivity index (χ2n) is 2.72. The summed E-state index contributed by atoms with van der Waals surface area (Å²) in [6, 6.07) is 0. The highest BCUT2D eigenvalue weighted by Crippen LogP contribution is 2.13. The van der Waals surface area contributed by atoms with Gasteiger partial charge in [-0.25, -0.2) is 4.98 Å². The van der Waals surface area contributed by atoms with Gasteiger partial charge in [0.05, 0.1) is 5.75 Å². The minimum Gasteiger partial charge on any atom is -0.388 e. The topological polar surface area (TPSA) is 61.8 Å². The number of aliphatic hydroxyl groups excluding tert-OH is 1. The molecule has 0 saturated heterocycles. The van der Waals surface area contributed by atoms with E-state index in [1.165, 1.54) is 0 Å². The van der Waals surface area contributed by atoms with Crippen LogP contribution >= 0.6 is 11.8 Å². The first kappa shape index (κ1) is 9.54. The number of nitrogens with zero attached hydrogens (tertiary/aromatic N) is 2. The molecule has 0 spiro atoms. The Labute approximate surface area is 75.8 Å². The lowest BCUT2D eigenvalue weighted by Gasteiger charge is -1.99. The zero-order valence-corrected chi connectivity index (χ0v) is 8.06. The van der Waals surface area contributed by atoms with Gasteiger partial charge in [-0.1, -0.05) is 13.8 Å². The van der Waals surface area contributed by atoms with Crippen molar-refractivity contribution in [2.75, 3.05) is 0 Å². The van der Waals surface area contributed by atoms with Crippen molar-refractivity contribution < 1.29 is 5.11 Å². The van der Waals surface area contributed by atoms with E-state index in [1.807, 2.05) is 0 Å². The first-order valence-corrected chi connectivity index (χ1v) is 4.90. The summed E-state index contributed by atoms with van der Waals surface area (Å²) in [4.78, 5) is 4.06. The molecule has 2 N–H and O–H groups in total. The third-order valence-corrected chi connectivity index (χ3v) is 2.38. The lowest BCUT2D eigenvalue weighted by molar-refractivity contribution is 0.272. The van der Waals surface area contributed by atoms with Gasteiger partial charge in [0.25, 0.3) is 0 Å². The molecule has 0 aliphatic heterocycles. The van der Waals surface area contributed by atoms with Crippen molar-refractivity contribution in [2.45, 2.75) is 31.5 Å². The number of aromatic amines is 1. The van der Waals surface area contributed by atoms with Crippen molar-refractivity contribution in [2.24, 2.45) is 0 Å². The average molecular weight is 187 g/mol. The molecule has 1 rings (SSSR count). The van der Waals surface area contributed by atoms with Gasteiger partial charge in [0.15, 0.2) is 5.82 Å². The molecule has 0 unspecified atom stereocenters. The number of thioether (sulfide) groups is 1. The molecular formula is C7H13N3OS. The predicted octanol–water partition coefficient (Wildman–Crippen LogP) is 0.939. The maximum Gasteiger partial charge on any atom is 0.176 e. The molecule has 1 heterocycles. The number of hydrogen-bond donors (Lipinski definition) is 2. The monoisotopic (exact) mass is 187 g/mol. The number of aromatic nitrogens is 3. The van der Waals surface area contributed by atoms with Crippen LogP contribution in [-0.4, -0.2) is 25.5 Å². The Bertz CT molecular complexity index is 236. The van der Waals surface area contributed by atoms with E-state index >= 15 is 0 Å². The molecule has 1 aromatic heterocycles. The molecule has 0 radical (unpaired) electrons. The van der Waals surface area contributed by atoms with Crippen molar-refractivity contribution in [1.82, 2.24) is 15.2 Å². The maximum absolute atomic E-state index is 8.68. The Hall–Kier alpha value is -0.550. The molecule has 0 bridgehead atoms. The minimum atomic E-state index is -0.0944. The van der Waals surface area contributed by atoms with Crippen LogP contribution in [0.2, 0.25) is 0 Å². The predicted molar refractivity (Wildman–Crippen MR) is 48.7 cm³/mol. The van der Waals surface area contributed by atoms with Crippen LogP contribution in [0.1, 0.15) is 25.5 Å². The molecule has 0 aliphatic carbocycles. The Morgan fingerprint density at radius 2 is 2.33 bits per heavy atom. The number of rotatable bonds is 4. The molecule has 12 heavy (non-hydrogen) atoms. The van der Waals surface area contributed by atoms with Crippen LogP contribution in [0.4, 0.5) is 0 Å². The normalized spacial score (nSPS) is 11.0. The summed E-state index contributed by atoms with van der Waals surface area (Å²) in [5.41, 5.74) is 0. The molecule has 5 heteroatoms. The van der Waals surface area contributed by atoms with Gasteiger partial charge in [-0.2, -0.15) is 16.9 Å². The van der Waals surface area contributed by atoms with Crippen LogP contribution in [0.5, 0.6) is 0 Å². The first-order valence-electron chi connectivity index (χ1n) is 3.85. The molecular weight excluding hydrogens is 174 g/mol. The molecule has 0 fully saturated rings. The summed E-state index contributed by atoms with van der Waals surface area (Å²) < 4.78 is 0. The number of nitrogens with one attached hydrogen (secondary N) is 1. The highest BCUT2D eigenvalue weighted by molar-refractivity contribution is 7.99. The first-order chi connectivity index (χ1) is 5.72. The second kappa shape index (κ2) is 4.47. The fraction of sp³-hybridized carbons (Fsp3) is 0.714. The highest BCUT2D eigenvalue weighted by atomic mass is 32.2. The zero-order valence-electron chi connectivity index (χ0n) is 7.24. The Balaban J connectivity index is 2.41.